The van der Waals surface area contributed by atoms with Crippen LogP contribution in [0.1, 0.15) is 29.6 Å². The van der Waals surface area contributed by atoms with Gasteiger partial charge in [0.15, 0.2) is 0 Å². The van der Waals surface area contributed by atoms with Crippen molar-refractivity contribution in [1.82, 2.24) is 5.32 Å². The van der Waals surface area contributed by atoms with Gasteiger partial charge in [-0.3, -0.25) is 4.79 Å². The number of hydrogen-bond donors (Lipinski definition) is 1. The van der Waals surface area contributed by atoms with Gasteiger partial charge < -0.3 is 5.32 Å². The summed E-state index contributed by atoms with van der Waals surface area (Å²) in [7, 11) is 0. The Labute approximate surface area is 122 Å². The van der Waals surface area contributed by atoms with Crippen molar-refractivity contribution >= 4 is 29.1 Å². The smallest absolute Gasteiger partial charge is 0.254 e. The summed E-state index contributed by atoms with van der Waals surface area (Å²) in [6, 6.07) is 3.97. The molecule has 5 heteroatoms. The molecule has 0 spiro atoms. The van der Waals surface area contributed by atoms with E-state index in [0.29, 0.717) is 29.3 Å². The Hall–Kier alpha value is -0.800. The highest BCUT2D eigenvalue weighted by Crippen LogP contribution is 2.32. The molecule has 2 unspecified atom stereocenters. The minimum Gasteiger partial charge on any atom is -0.352 e. The molecule has 19 heavy (non-hydrogen) atoms. The highest BCUT2D eigenvalue weighted by Gasteiger charge is 2.27. The molecule has 1 amide bonds. The Morgan fingerprint density at radius 3 is 2.84 bits per heavy atom. The molecule has 0 heterocycles. The molecule has 2 nitrogen and oxygen atoms in total. The summed E-state index contributed by atoms with van der Waals surface area (Å²) in [5.74, 6) is 0.490. The zero-order valence-electron chi connectivity index (χ0n) is 10.5. The van der Waals surface area contributed by atoms with Crippen LogP contribution in [0.4, 0.5) is 4.39 Å². The minimum absolute atomic E-state index is 0.00656. The number of halogens is 3. The fourth-order valence-electron chi connectivity index (χ4n) is 2.58. The quantitative estimate of drug-likeness (QED) is 0.841. The monoisotopic (exact) mass is 303 g/mol. The lowest BCUT2D eigenvalue weighted by molar-refractivity contribution is 0.0940. The Balaban J connectivity index is 1.96. The molecule has 1 aromatic carbocycles. The number of nitrogens with one attached hydrogen (secondary N) is 1. The maximum atomic E-state index is 13.5. The van der Waals surface area contributed by atoms with Crippen LogP contribution >= 0.6 is 23.2 Å². The molecule has 1 aromatic rings. The Bertz CT molecular complexity index is 467. The van der Waals surface area contributed by atoms with Gasteiger partial charge in [-0.2, -0.15) is 0 Å². The number of amides is 1. The summed E-state index contributed by atoms with van der Waals surface area (Å²) in [6.07, 6.45) is 3.31. The van der Waals surface area contributed by atoms with E-state index in [9.17, 15) is 9.18 Å². The van der Waals surface area contributed by atoms with Crippen molar-refractivity contribution in [3.63, 3.8) is 0 Å². The van der Waals surface area contributed by atoms with Gasteiger partial charge in [-0.15, -0.1) is 11.6 Å². The highest BCUT2D eigenvalue weighted by molar-refractivity contribution is 6.31. The van der Waals surface area contributed by atoms with Gasteiger partial charge in [-0.1, -0.05) is 18.0 Å². The summed E-state index contributed by atoms with van der Waals surface area (Å²) >= 11 is 11.7. The number of rotatable bonds is 4. The number of carbonyl (C=O) groups excluding carboxylic acids is 1. The van der Waals surface area contributed by atoms with Crippen LogP contribution in [-0.4, -0.2) is 18.3 Å². The third-order valence-electron chi connectivity index (χ3n) is 3.71. The van der Waals surface area contributed by atoms with Gasteiger partial charge in [0.1, 0.15) is 5.82 Å². The molecule has 104 valence electrons. The lowest BCUT2D eigenvalue weighted by atomic mass is 9.98. The molecule has 0 saturated heterocycles. The molecule has 2 atom stereocenters. The van der Waals surface area contributed by atoms with E-state index in [1.165, 1.54) is 18.2 Å². The fourth-order valence-corrected chi connectivity index (χ4v) is 3.15. The summed E-state index contributed by atoms with van der Waals surface area (Å²) in [5, 5.41) is 3.13. The number of benzene rings is 1. The summed E-state index contributed by atoms with van der Waals surface area (Å²) in [5.41, 5.74) is -0.00656. The lowest BCUT2D eigenvalue weighted by Gasteiger charge is -2.17. The largest absolute Gasteiger partial charge is 0.352 e. The SMILES string of the molecule is O=C(NCC1CCCC1CCl)c1cc(Cl)ccc1F. The van der Waals surface area contributed by atoms with Crippen LogP contribution in [0.2, 0.25) is 5.02 Å². The van der Waals surface area contributed by atoms with Crippen molar-refractivity contribution in [3.8, 4) is 0 Å². The van der Waals surface area contributed by atoms with Gasteiger partial charge in [0.05, 0.1) is 5.56 Å². The molecule has 1 aliphatic carbocycles. The van der Waals surface area contributed by atoms with Crippen molar-refractivity contribution < 1.29 is 9.18 Å². The molecule has 0 bridgehead atoms. The first-order chi connectivity index (χ1) is 9.11. The van der Waals surface area contributed by atoms with E-state index < -0.39 is 11.7 Å². The van der Waals surface area contributed by atoms with E-state index >= 15 is 0 Å². The predicted molar refractivity (Wildman–Crippen MR) is 75.3 cm³/mol. The van der Waals surface area contributed by atoms with Gasteiger partial charge in [0, 0.05) is 17.4 Å². The van der Waals surface area contributed by atoms with Crippen LogP contribution in [-0.2, 0) is 0 Å². The van der Waals surface area contributed by atoms with Gasteiger partial charge >= 0.3 is 0 Å². The molecule has 0 aliphatic heterocycles. The van der Waals surface area contributed by atoms with Crippen LogP contribution in [0.3, 0.4) is 0 Å². The van der Waals surface area contributed by atoms with E-state index in [0.717, 1.165) is 19.3 Å². The van der Waals surface area contributed by atoms with Crippen molar-refractivity contribution in [3.05, 3.63) is 34.6 Å². The van der Waals surface area contributed by atoms with Crippen LogP contribution < -0.4 is 5.32 Å². The molecular formula is C14H16Cl2FNO. The van der Waals surface area contributed by atoms with Crippen molar-refractivity contribution in [1.29, 1.82) is 0 Å². The summed E-state index contributed by atoms with van der Waals surface area (Å²) in [4.78, 5) is 11.9. The second kappa shape index (κ2) is 6.58. The van der Waals surface area contributed by atoms with Crippen molar-refractivity contribution in [2.45, 2.75) is 19.3 Å². The summed E-state index contributed by atoms with van der Waals surface area (Å²) in [6.45, 7) is 0.544. The number of hydrogen-bond acceptors (Lipinski definition) is 1. The molecule has 1 N–H and O–H groups in total. The maximum Gasteiger partial charge on any atom is 0.254 e. The topological polar surface area (TPSA) is 29.1 Å². The van der Waals surface area contributed by atoms with Gasteiger partial charge in [0.2, 0.25) is 0 Å². The zero-order chi connectivity index (χ0) is 13.8. The first kappa shape index (κ1) is 14.6. The molecule has 2 rings (SSSR count). The first-order valence-electron chi connectivity index (χ1n) is 6.41. The van der Waals surface area contributed by atoms with E-state index in [1.807, 2.05) is 0 Å². The Kier molecular flexibility index (Phi) is 5.06. The van der Waals surface area contributed by atoms with E-state index in [2.05, 4.69) is 5.32 Å². The van der Waals surface area contributed by atoms with Gasteiger partial charge in [0.25, 0.3) is 5.91 Å². The second-order valence-electron chi connectivity index (χ2n) is 4.94. The third-order valence-corrected chi connectivity index (χ3v) is 4.34. The molecule has 1 saturated carbocycles. The van der Waals surface area contributed by atoms with Crippen molar-refractivity contribution in [2.75, 3.05) is 12.4 Å². The maximum absolute atomic E-state index is 13.5. The van der Waals surface area contributed by atoms with Crippen LogP contribution in [0.25, 0.3) is 0 Å². The lowest BCUT2D eigenvalue weighted by Crippen LogP contribution is -2.31. The van der Waals surface area contributed by atoms with Crippen LogP contribution in [0, 0.1) is 17.7 Å². The average molecular weight is 304 g/mol. The summed E-state index contributed by atoms with van der Waals surface area (Å²) < 4.78 is 13.5. The van der Waals surface area contributed by atoms with Crippen LogP contribution in [0.15, 0.2) is 18.2 Å². The normalized spacial score (nSPS) is 22.5. The zero-order valence-corrected chi connectivity index (χ0v) is 12.0. The Morgan fingerprint density at radius 2 is 2.11 bits per heavy atom. The van der Waals surface area contributed by atoms with Gasteiger partial charge in [-0.05, 0) is 42.9 Å². The number of alkyl halides is 1. The molecule has 0 aromatic heterocycles. The Morgan fingerprint density at radius 1 is 1.37 bits per heavy atom. The standard InChI is InChI=1S/C14H16Cl2FNO/c15-7-9-2-1-3-10(9)8-18-14(19)12-6-11(16)4-5-13(12)17/h4-6,9-10H,1-3,7-8H2,(H,18,19). The fraction of sp³-hybridized carbons (Fsp3) is 0.500. The minimum atomic E-state index is -0.554. The van der Waals surface area contributed by atoms with E-state index in [1.54, 1.807) is 0 Å². The van der Waals surface area contributed by atoms with Crippen molar-refractivity contribution in [2.24, 2.45) is 11.8 Å². The van der Waals surface area contributed by atoms with Gasteiger partial charge in [-0.25, -0.2) is 4.39 Å². The molecule has 0 radical (unpaired) electrons. The number of carbonyl (C=O) groups is 1. The molecular weight excluding hydrogens is 288 g/mol. The second-order valence-corrected chi connectivity index (χ2v) is 5.68. The predicted octanol–water partition coefficient (Wildman–Crippen LogP) is 3.86. The molecule has 1 fully saturated rings. The van der Waals surface area contributed by atoms with E-state index in [-0.39, 0.29) is 5.56 Å². The van der Waals surface area contributed by atoms with E-state index in [4.69, 9.17) is 23.2 Å². The average Bonchev–Trinajstić information content (AvgIpc) is 2.86. The van der Waals surface area contributed by atoms with Crippen LogP contribution in [0.5, 0.6) is 0 Å². The third kappa shape index (κ3) is 3.61. The molecule has 1 aliphatic rings. The highest BCUT2D eigenvalue weighted by atomic mass is 35.5. The first-order valence-corrected chi connectivity index (χ1v) is 7.32.